The van der Waals surface area contributed by atoms with Crippen LogP contribution in [-0.2, 0) is 6.42 Å². The smallest absolute Gasteiger partial charge is 0.272 e. The van der Waals surface area contributed by atoms with Crippen LogP contribution in [-0.4, -0.2) is 40.7 Å². The maximum Gasteiger partial charge on any atom is 0.272 e. The average Bonchev–Trinajstić information content (AvgIpc) is 2.68. The summed E-state index contributed by atoms with van der Waals surface area (Å²) in [6.07, 6.45) is 10.3. The fourth-order valence-electron chi connectivity index (χ4n) is 3.12. The topological polar surface area (TPSA) is 71.0 Å². The summed E-state index contributed by atoms with van der Waals surface area (Å²) < 4.78 is 0. The largest absolute Gasteiger partial charge is 0.358 e. The van der Waals surface area contributed by atoms with E-state index in [1.165, 1.54) is 24.8 Å². The molecule has 0 aromatic carbocycles. The van der Waals surface area contributed by atoms with E-state index in [-0.39, 0.29) is 11.9 Å². The van der Waals surface area contributed by atoms with Crippen molar-refractivity contribution in [2.45, 2.75) is 44.6 Å². The number of carbonyl (C=O) groups is 1. The van der Waals surface area contributed by atoms with Crippen LogP contribution >= 0.6 is 0 Å². The average molecular weight is 339 g/mol. The third kappa shape index (κ3) is 4.98. The molecule has 1 aliphatic rings. The Morgan fingerprint density at radius 2 is 1.88 bits per heavy atom. The molecular weight excluding hydrogens is 314 g/mol. The van der Waals surface area contributed by atoms with E-state index in [1.807, 2.05) is 30.1 Å². The summed E-state index contributed by atoms with van der Waals surface area (Å²) in [5, 5.41) is 11.4. The number of nitrogens with zero attached hydrogens (tertiary/aromatic N) is 4. The molecule has 3 rings (SSSR count). The zero-order chi connectivity index (χ0) is 17.5. The van der Waals surface area contributed by atoms with Gasteiger partial charge >= 0.3 is 0 Å². The van der Waals surface area contributed by atoms with Crippen molar-refractivity contribution in [3.05, 3.63) is 47.9 Å². The molecule has 0 radical (unpaired) electrons. The molecule has 1 aliphatic carbocycles. The molecule has 2 aromatic rings. The van der Waals surface area contributed by atoms with Gasteiger partial charge in [0.1, 0.15) is 0 Å². The van der Waals surface area contributed by atoms with Crippen LogP contribution < -0.4 is 10.2 Å². The Bertz CT molecular complexity index is 668. The Kier molecular flexibility index (Phi) is 5.93. The van der Waals surface area contributed by atoms with E-state index < -0.39 is 0 Å². The van der Waals surface area contributed by atoms with Crippen LogP contribution in [0.5, 0.6) is 0 Å². The summed E-state index contributed by atoms with van der Waals surface area (Å²) in [4.78, 5) is 18.3. The van der Waals surface area contributed by atoms with E-state index in [0.717, 1.165) is 31.6 Å². The number of pyridine rings is 1. The molecule has 1 saturated carbocycles. The Labute approximate surface area is 148 Å². The Hall–Kier alpha value is -2.50. The minimum Gasteiger partial charge on any atom is -0.358 e. The molecular formula is C19H25N5O. The molecule has 0 aliphatic heterocycles. The molecule has 2 heterocycles. The zero-order valence-electron chi connectivity index (χ0n) is 14.7. The lowest BCUT2D eigenvalue weighted by Gasteiger charge is -2.22. The van der Waals surface area contributed by atoms with Crippen LogP contribution in [0.15, 0.2) is 36.7 Å². The van der Waals surface area contributed by atoms with Crippen molar-refractivity contribution in [3.63, 3.8) is 0 Å². The number of amides is 1. The van der Waals surface area contributed by atoms with Crippen LogP contribution in [0.2, 0.25) is 0 Å². The van der Waals surface area contributed by atoms with Gasteiger partial charge in [0.15, 0.2) is 11.5 Å². The number of aromatic nitrogens is 3. The van der Waals surface area contributed by atoms with Gasteiger partial charge in [0.05, 0.1) is 0 Å². The lowest BCUT2D eigenvalue weighted by atomic mass is 9.95. The summed E-state index contributed by atoms with van der Waals surface area (Å²) in [6.45, 7) is 0.826. The summed E-state index contributed by atoms with van der Waals surface area (Å²) in [7, 11) is 1.98. The zero-order valence-corrected chi connectivity index (χ0v) is 14.7. The first-order valence-electron chi connectivity index (χ1n) is 8.97. The Morgan fingerprint density at radius 3 is 2.56 bits per heavy atom. The molecule has 6 nitrogen and oxygen atoms in total. The molecule has 0 saturated heterocycles. The van der Waals surface area contributed by atoms with E-state index in [9.17, 15) is 4.79 Å². The van der Waals surface area contributed by atoms with Gasteiger partial charge in [0.25, 0.3) is 5.91 Å². The van der Waals surface area contributed by atoms with E-state index in [0.29, 0.717) is 5.69 Å². The van der Waals surface area contributed by atoms with Crippen molar-refractivity contribution in [3.8, 4) is 0 Å². The van der Waals surface area contributed by atoms with Gasteiger partial charge < -0.3 is 10.2 Å². The monoisotopic (exact) mass is 339 g/mol. The minimum atomic E-state index is -0.120. The molecule has 132 valence electrons. The molecule has 0 unspecified atom stereocenters. The molecule has 1 fully saturated rings. The summed E-state index contributed by atoms with van der Waals surface area (Å²) in [5.41, 5.74) is 1.62. The van der Waals surface area contributed by atoms with Crippen molar-refractivity contribution in [2.24, 2.45) is 0 Å². The van der Waals surface area contributed by atoms with Crippen molar-refractivity contribution in [1.29, 1.82) is 0 Å². The van der Waals surface area contributed by atoms with Crippen LogP contribution in [0.1, 0.15) is 48.2 Å². The van der Waals surface area contributed by atoms with Gasteiger partial charge in [-0.05, 0) is 49.1 Å². The number of anilines is 1. The lowest BCUT2D eigenvalue weighted by Crippen LogP contribution is -2.36. The molecule has 1 N–H and O–H groups in total. The first-order chi connectivity index (χ1) is 12.2. The van der Waals surface area contributed by atoms with Gasteiger partial charge in [-0.3, -0.25) is 9.78 Å². The normalized spacial score (nSPS) is 14.9. The maximum absolute atomic E-state index is 12.3. The van der Waals surface area contributed by atoms with Crippen molar-refractivity contribution in [2.75, 3.05) is 18.5 Å². The van der Waals surface area contributed by atoms with Crippen molar-refractivity contribution in [1.82, 2.24) is 20.5 Å². The van der Waals surface area contributed by atoms with E-state index in [4.69, 9.17) is 0 Å². The van der Waals surface area contributed by atoms with Gasteiger partial charge in [-0.25, -0.2) is 0 Å². The number of nitrogens with one attached hydrogen (secondary N) is 1. The van der Waals surface area contributed by atoms with Gasteiger partial charge in [-0.1, -0.05) is 19.3 Å². The standard InChI is InChI=1S/C19H25N5O/c1-24(14-11-15-9-12-20-13-10-15)18-8-7-17(22-23-18)19(25)21-16-5-3-2-4-6-16/h7-10,12-13,16H,2-6,11,14H2,1H3,(H,21,25). The summed E-state index contributed by atoms with van der Waals surface area (Å²) in [5.74, 6) is 0.647. The third-order valence-corrected chi connectivity index (χ3v) is 4.70. The predicted octanol–water partition coefficient (Wildman–Crippen LogP) is 2.61. The molecule has 0 bridgehead atoms. The van der Waals surface area contributed by atoms with Gasteiger partial charge in [-0.2, -0.15) is 0 Å². The highest BCUT2D eigenvalue weighted by Crippen LogP contribution is 2.17. The fourth-order valence-corrected chi connectivity index (χ4v) is 3.12. The third-order valence-electron chi connectivity index (χ3n) is 4.70. The molecule has 2 aromatic heterocycles. The van der Waals surface area contributed by atoms with Crippen molar-refractivity contribution < 1.29 is 4.79 Å². The second kappa shape index (κ2) is 8.55. The number of hydrogen-bond acceptors (Lipinski definition) is 5. The second-order valence-corrected chi connectivity index (χ2v) is 6.61. The second-order valence-electron chi connectivity index (χ2n) is 6.61. The quantitative estimate of drug-likeness (QED) is 0.876. The van der Waals surface area contributed by atoms with Gasteiger partial charge in [0, 0.05) is 32.0 Å². The molecule has 6 heteroatoms. The van der Waals surface area contributed by atoms with Crippen LogP contribution in [0.3, 0.4) is 0 Å². The SMILES string of the molecule is CN(CCc1ccncc1)c1ccc(C(=O)NC2CCCCC2)nn1. The van der Waals surface area contributed by atoms with E-state index >= 15 is 0 Å². The predicted molar refractivity (Wildman–Crippen MR) is 97.6 cm³/mol. The molecule has 25 heavy (non-hydrogen) atoms. The summed E-state index contributed by atoms with van der Waals surface area (Å²) in [6, 6.07) is 7.92. The summed E-state index contributed by atoms with van der Waals surface area (Å²) >= 11 is 0. The molecule has 0 atom stereocenters. The van der Waals surface area contributed by atoms with Gasteiger partial charge in [-0.15, -0.1) is 10.2 Å². The Balaban J connectivity index is 1.52. The number of carbonyl (C=O) groups excluding carboxylic acids is 1. The fraction of sp³-hybridized carbons (Fsp3) is 0.474. The number of rotatable bonds is 6. The lowest BCUT2D eigenvalue weighted by molar-refractivity contribution is 0.0921. The van der Waals surface area contributed by atoms with E-state index in [1.54, 1.807) is 18.5 Å². The van der Waals surface area contributed by atoms with Crippen molar-refractivity contribution >= 4 is 11.7 Å². The van der Waals surface area contributed by atoms with Gasteiger partial charge in [0.2, 0.25) is 0 Å². The first kappa shape index (κ1) is 17.3. The maximum atomic E-state index is 12.3. The molecule has 1 amide bonds. The van der Waals surface area contributed by atoms with Crippen LogP contribution in [0, 0.1) is 0 Å². The Morgan fingerprint density at radius 1 is 1.12 bits per heavy atom. The number of likely N-dealkylation sites (N-methyl/N-ethyl adjacent to an activating group) is 1. The highest BCUT2D eigenvalue weighted by molar-refractivity contribution is 5.92. The number of hydrogen-bond donors (Lipinski definition) is 1. The van der Waals surface area contributed by atoms with Crippen LogP contribution in [0.25, 0.3) is 0 Å². The highest BCUT2D eigenvalue weighted by Gasteiger charge is 2.17. The van der Waals surface area contributed by atoms with E-state index in [2.05, 4.69) is 20.5 Å². The highest BCUT2D eigenvalue weighted by atomic mass is 16.2. The molecule has 0 spiro atoms. The van der Waals surface area contributed by atoms with Crippen LogP contribution in [0.4, 0.5) is 5.82 Å². The minimum absolute atomic E-state index is 0.120. The first-order valence-corrected chi connectivity index (χ1v) is 8.97.